The Balaban J connectivity index is 1.24. The van der Waals surface area contributed by atoms with Crippen LogP contribution in [0.4, 0.5) is 0 Å². The molecule has 0 radical (unpaired) electrons. The molecular formula is C28H33NO6. The lowest BCUT2D eigenvalue weighted by molar-refractivity contribution is -0.0556. The average molecular weight is 480 g/mol. The van der Waals surface area contributed by atoms with Gasteiger partial charge < -0.3 is 23.7 Å². The van der Waals surface area contributed by atoms with Crippen LogP contribution in [-0.2, 0) is 16.1 Å². The number of hydrogen-bond acceptors (Lipinski definition) is 6. The van der Waals surface area contributed by atoms with Gasteiger partial charge in [0.25, 0.3) is 0 Å². The van der Waals surface area contributed by atoms with Gasteiger partial charge in [-0.05, 0) is 70.2 Å². The van der Waals surface area contributed by atoms with E-state index in [9.17, 15) is 9.90 Å². The van der Waals surface area contributed by atoms with Crippen LogP contribution in [-0.4, -0.2) is 41.5 Å². The van der Waals surface area contributed by atoms with E-state index in [2.05, 4.69) is 11.1 Å². The van der Waals surface area contributed by atoms with Gasteiger partial charge in [-0.3, -0.25) is 0 Å². The molecule has 2 aromatic carbocycles. The Morgan fingerprint density at radius 3 is 2.60 bits per heavy atom. The number of rotatable bonds is 10. The van der Waals surface area contributed by atoms with Crippen LogP contribution in [0.3, 0.4) is 0 Å². The van der Waals surface area contributed by atoms with E-state index in [1.165, 1.54) is 0 Å². The number of hydrogen-bond donors (Lipinski definition) is 1. The summed E-state index contributed by atoms with van der Waals surface area (Å²) >= 11 is 0. The van der Waals surface area contributed by atoms with Crippen LogP contribution in [0, 0.1) is 20.8 Å². The minimum atomic E-state index is -0.986. The zero-order valence-electron chi connectivity index (χ0n) is 20.6. The fourth-order valence-corrected chi connectivity index (χ4v) is 4.47. The number of aromatic nitrogens is 1. The molecule has 2 atom stereocenters. The quantitative estimate of drug-likeness (QED) is 0.363. The van der Waals surface area contributed by atoms with Gasteiger partial charge in [0.1, 0.15) is 29.4 Å². The molecule has 0 amide bonds. The zero-order chi connectivity index (χ0) is 24.8. The van der Waals surface area contributed by atoms with Crippen molar-refractivity contribution in [1.29, 1.82) is 0 Å². The van der Waals surface area contributed by atoms with Crippen LogP contribution < -0.4 is 4.74 Å². The van der Waals surface area contributed by atoms with Crippen molar-refractivity contribution >= 4 is 5.97 Å². The van der Waals surface area contributed by atoms with Gasteiger partial charge in [0.2, 0.25) is 5.89 Å². The number of carbonyl (C=O) groups is 1. The van der Waals surface area contributed by atoms with E-state index >= 15 is 0 Å². The normalized spacial score (nSPS) is 17.9. The van der Waals surface area contributed by atoms with Crippen molar-refractivity contribution < 1.29 is 28.5 Å². The number of aromatic carboxylic acids is 1. The van der Waals surface area contributed by atoms with Crippen LogP contribution in [0.1, 0.15) is 58.6 Å². The lowest BCUT2D eigenvalue weighted by Crippen LogP contribution is -2.29. The van der Waals surface area contributed by atoms with Gasteiger partial charge in [0.05, 0.1) is 25.4 Å². The van der Waals surface area contributed by atoms with Crippen LogP contribution in [0.25, 0.3) is 11.5 Å². The smallest absolute Gasteiger partial charge is 0.339 e. The van der Waals surface area contributed by atoms with Crippen molar-refractivity contribution in [1.82, 2.24) is 4.98 Å². The molecule has 2 unspecified atom stereocenters. The molecular weight excluding hydrogens is 446 g/mol. The molecule has 4 rings (SSSR count). The summed E-state index contributed by atoms with van der Waals surface area (Å²) in [7, 11) is 0. The Morgan fingerprint density at radius 2 is 1.83 bits per heavy atom. The van der Waals surface area contributed by atoms with E-state index in [4.69, 9.17) is 18.6 Å². The van der Waals surface area contributed by atoms with Gasteiger partial charge >= 0.3 is 5.97 Å². The first-order valence-electron chi connectivity index (χ1n) is 12.1. The monoisotopic (exact) mass is 479 g/mol. The molecule has 7 heteroatoms. The molecule has 1 aromatic heterocycles. The van der Waals surface area contributed by atoms with Gasteiger partial charge in [0, 0.05) is 5.56 Å². The van der Waals surface area contributed by atoms with E-state index in [0.29, 0.717) is 37.0 Å². The third kappa shape index (κ3) is 6.50. The van der Waals surface area contributed by atoms with Crippen molar-refractivity contribution in [3.63, 3.8) is 0 Å². The van der Waals surface area contributed by atoms with E-state index < -0.39 is 5.97 Å². The second kappa shape index (κ2) is 11.5. The van der Waals surface area contributed by atoms with Crippen LogP contribution >= 0.6 is 0 Å². The average Bonchev–Trinajstić information content (AvgIpc) is 3.21. The SMILES string of the molecule is Cc1cccc(-c2nc(COC3CCCC(OCCOc4cccc(C)c4C(=O)O)C3)c(C)o2)c1. The lowest BCUT2D eigenvalue weighted by Gasteiger charge is -2.29. The maximum absolute atomic E-state index is 11.5. The predicted octanol–water partition coefficient (Wildman–Crippen LogP) is 5.89. The number of carboxylic acids is 1. The first kappa shape index (κ1) is 24.9. The summed E-state index contributed by atoms with van der Waals surface area (Å²) in [5, 5.41) is 9.42. The summed E-state index contributed by atoms with van der Waals surface area (Å²) in [5.74, 6) is 0.784. The number of nitrogens with zero attached hydrogens (tertiary/aromatic N) is 1. The Hall–Kier alpha value is -3.16. The van der Waals surface area contributed by atoms with Crippen molar-refractivity contribution in [3.05, 3.63) is 70.6 Å². The second-order valence-corrected chi connectivity index (χ2v) is 9.09. The maximum Gasteiger partial charge on any atom is 0.339 e. The Morgan fingerprint density at radius 1 is 1.06 bits per heavy atom. The van der Waals surface area contributed by atoms with Gasteiger partial charge in [-0.1, -0.05) is 29.8 Å². The Bertz CT molecular complexity index is 1150. The minimum absolute atomic E-state index is 0.0927. The summed E-state index contributed by atoms with van der Waals surface area (Å²) < 4.78 is 23.8. The summed E-state index contributed by atoms with van der Waals surface area (Å²) in [6.07, 6.45) is 4.00. The molecule has 0 aliphatic heterocycles. The molecule has 1 N–H and O–H groups in total. The molecule has 1 aliphatic carbocycles. The highest BCUT2D eigenvalue weighted by atomic mass is 16.5. The third-order valence-corrected chi connectivity index (χ3v) is 6.33. The molecule has 0 spiro atoms. The number of ether oxygens (including phenoxy) is 3. The Labute approximate surface area is 206 Å². The molecule has 7 nitrogen and oxygen atoms in total. The molecule has 3 aromatic rings. The number of oxazole rings is 1. The topological polar surface area (TPSA) is 91.0 Å². The number of aryl methyl sites for hydroxylation is 3. The van der Waals surface area contributed by atoms with Crippen molar-refractivity contribution in [2.75, 3.05) is 13.2 Å². The molecule has 1 aliphatic rings. The van der Waals surface area contributed by atoms with Gasteiger partial charge in [-0.15, -0.1) is 0 Å². The van der Waals surface area contributed by atoms with Crippen LogP contribution in [0.2, 0.25) is 0 Å². The first-order valence-corrected chi connectivity index (χ1v) is 12.1. The fourth-order valence-electron chi connectivity index (χ4n) is 4.47. The van der Waals surface area contributed by atoms with Gasteiger partial charge in [-0.25, -0.2) is 9.78 Å². The largest absolute Gasteiger partial charge is 0.490 e. The van der Waals surface area contributed by atoms with Gasteiger partial charge in [-0.2, -0.15) is 0 Å². The summed E-state index contributed by atoms with van der Waals surface area (Å²) in [6, 6.07) is 13.3. The molecule has 1 fully saturated rings. The predicted molar refractivity (Wildman–Crippen MR) is 132 cm³/mol. The standard InChI is InChI=1S/C28H33NO6/c1-18-7-4-9-21(15-18)27-29-24(20(3)35-27)17-34-23-11-6-10-22(16-23)32-13-14-33-25-12-5-8-19(2)26(25)28(30)31/h4-5,7-9,12,15,22-23H,6,10-11,13-14,16-17H2,1-3H3,(H,30,31). The molecule has 35 heavy (non-hydrogen) atoms. The minimum Gasteiger partial charge on any atom is -0.490 e. The van der Waals surface area contributed by atoms with Crippen LogP contribution in [0.5, 0.6) is 5.75 Å². The number of benzene rings is 2. The van der Waals surface area contributed by atoms with Gasteiger partial charge in [0.15, 0.2) is 0 Å². The van der Waals surface area contributed by atoms with Crippen molar-refractivity contribution in [3.8, 4) is 17.2 Å². The lowest BCUT2D eigenvalue weighted by atomic mass is 9.95. The highest BCUT2D eigenvalue weighted by Gasteiger charge is 2.24. The number of carboxylic acid groups (broad SMARTS) is 1. The van der Waals surface area contributed by atoms with E-state index in [-0.39, 0.29) is 17.8 Å². The molecule has 1 heterocycles. The molecule has 1 saturated carbocycles. The maximum atomic E-state index is 11.5. The first-order chi connectivity index (χ1) is 16.9. The second-order valence-electron chi connectivity index (χ2n) is 9.09. The van der Waals surface area contributed by atoms with E-state index in [1.807, 2.05) is 32.0 Å². The van der Waals surface area contributed by atoms with E-state index in [1.54, 1.807) is 25.1 Å². The highest BCUT2D eigenvalue weighted by molar-refractivity contribution is 5.92. The third-order valence-electron chi connectivity index (χ3n) is 6.33. The fraction of sp³-hybridized carbons (Fsp3) is 0.429. The summed E-state index contributed by atoms with van der Waals surface area (Å²) in [5.41, 5.74) is 3.83. The molecule has 0 saturated heterocycles. The Kier molecular flexibility index (Phi) is 8.21. The van der Waals surface area contributed by atoms with Crippen molar-refractivity contribution in [2.45, 2.75) is 65.3 Å². The van der Waals surface area contributed by atoms with E-state index in [0.717, 1.165) is 48.3 Å². The molecule has 186 valence electrons. The van der Waals surface area contributed by atoms with Crippen LogP contribution in [0.15, 0.2) is 46.9 Å². The highest BCUT2D eigenvalue weighted by Crippen LogP contribution is 2.27. The van der Waals surface area contributed by atoms with Crippen molar-refractivity contribution in [2.24, 2.45) is 0 Å². The summed E-state index contributed by atoms with van der Waals surface area (Å²) in [6.45, 7) is 6.83. The summed E-state index contributed by atoms with van der Waals surface area (Å²) in [4.78, 5) is 16.2. The molecule has 0 bridgehead atoms. The zero-order valence-corrected chi connectivity index (χ0v) is 20.6.